The lowest BCUT2D eigenvalue weighted by Crippen LogP contribution is -2.13. The van der Waals surface area contributed by atoms with Gasteiger partial charge in [0.15, 0.2) is 0 Å². The number of benzene rings is 3. The molecule has 0 aliphatic carbocycles. The molecule has 0 aliphatic heterocycles. The standard InChI is InChI=1S/C22H18N2O2/c25-13-11-15-7-9-17(10-8-15)24-22(26)20-14-16-4-1-2-5-18(16)19-6-3-12-23-21(19)20/h1-10,12,14,25H,11,13H2,(H,24,26). The molecule has 0 atom stereocenters. The zero-order valence-corrected chi connectivity index (χ0v) is 14.1. The van der Waals surface area contributed by atoms with E-state index in [-0.39, 0.29) is 12.5 Å². The van der Waals surface area contributed by atoms with Gasteiger partial charge in [-0.3, -0.25) is 9.78 Å². The molecule has 0 bridgehead atoms. The molecule has 0 spiro atoms. The average Bonchev–Trinajstić information content (AvgIpc) is 2.69. The Morgan fingerprint density at radius 1 is 0.962 bits per heavy atom. The average molecular weight is 342 g/mol. The summed E-state index contributed by atoms with van der Waals surface area (Å²) in [6.07, 6.45) is 2.31. The number of pyridine rings is 1. The first-order valence-electron chi connectivity index (χ1n) is 8.54. The van der Waals surface area contributed by atoms with E-state index in [4.69, 9.17) is 5.11 Å². The van der Waals surface area contributed by atoms with Crippen molar-refractivity contribution >= 4 is 33.3 Å². The molecule has 0 unspecified atom stereocenters. The molecule has 128 valence electrons. The summed E-state index contributed by atoms with van der Waals surface area (Å²) < 4.78 is 0. The number of nitrogens with one attached hydrogen (secondary N) is 1. The number of hydrogen-bond acceptors (Lipinski definition) is 3. The molecule has 4 aromatic rings. The number of anilines is 1. The second-order valence-electron chi connectivity index (χ2n) is 6.17. The van der Waals surface area contributed by atoms with Crippen molar-refractivity contribution in [3.8, 4) is 0 Å². The van der Waals surface area contributed by atoms with Gasteiger partial charge in [-0.05, 0) is 47.0 Å². The fourth-order valence-electron chi connectivity index (χ4n) is 3.18. The van der Waals surface area contributed by atoms with E-state index in [9.17, 15) is 4.79 Å². The Bertz CT molecular complexity index is 1090. The molecule has 4 nitrogen and oxygen atoms in total. The maximum atomic E-state index is 12.9. The number of carbonyl (C=O) groups excluding carboxylic acids is 1. The van der Waals surface area contributed by atoms with Crippen LogP contribution in [0.25, 0.3) is 21.7 Å². The van der Waals surface area contributed by atoms with Gasteiger partial charge >= 0.3 is 0 Å². The number of amides is 1. The summed E-state index contributed by atoms with van der Waals surface area (Å²) in [6.45, 7) is 0.112. The van der Waals surface area contributed by atoms with Crippen LogP contribution < -0.4 is 5.32 Å². The molecule has 0 saturated carbocycles. The SMILES string of the molecule is O=C(Nc1ccc(CCO)cc1)c1cc2ccccc2c2cccnc12. The predicted octanol–water partition coefficient (Wildman–Crippen LogP) is 4.18. The van der Waals surface area contributed by atoms with Crippen LogP contribution >= 0.6 is 0 Å². The van der Waals surface area contributed by atoms with Crippen LogP contribution in [0, 0.1) is 0 Å². The Hall–Kier alpha value is -3.24. The molecule has 1 heterocycles. The van der Waals surface area contributed by atoms with Crippen molar-refractivity contribution in [2.75, 3.05) is 11.9 Å². The number of rotatable bonds is 4. The highest BCUT2D eigenvalue weighted by molar-refractivity contribution is 6.18. The number of aliphatic hydroxyl groups excluding tert-OH is 1. The molecule has 4 rings (SSSR count). The normalized spacial score (nSPS) is 11.0. The maximum Gasteiger partial charge on any atom is 0.257 e. The van der Waals surface area contributed by atoms with Gasteiger partial charge in [-0.15, -0.1) is 0 Å². The highest BCUT2D eigenvalue weighted by atomic mass is 16.3. The van der Waals surface area contributed by atoms with Crippen LogP contribution in [0.1, 0.15) is 15.9 Å². The highest BCUT2D eigenvalue weighted by Gasteiger charge is 2.14. The van der Waals surface area contributed by atoms with Crippen molar-refractivity contribution in [1.29, 1.82) is 0 Å². The van der Waals surface area contributed by atoms with Crippen LogP contribution in [0.2, 0.25) is 0 Å². The number of aromatic nitrogens is 1. The van der Waals surface area contributed by atoms with E-state index in [0.29, 0.717) is 23.2 Å². The summed E-state index contributed by atoms with van der Waals surface area (Å²) in [4.78, 5) is 17.3. The van der Waals surface area contributed by atoms with Crippen LogP contribution in [0.5, 0.6) is 0 Å². The van der Waals surface area contributed by atoms with Crippen LogP contribution in [0.3, 0.4) is 0 Å². The van der Waals surface area contributed by atoms with Crippen molar-refractivity contribution in [3.63, 3.8) is 0 Å². The molecular formula is C22H18N2O2. The third kappa shape index (κ3) is 3.03. The number of fused-ring (bicyclic) bond motifs is 3. The van der Waals surface area contributed by atoms with E-state index < -0.39 is 0 Å². The Labute approximate surface area is 151 Å². The number of aliphatic hydroxyl groups is 1. The van der Waals surface area contributed by atoms with Gasteiger partial charge in [-0.2, -0.15) is 0 Å². The summed E-state index contributed by atoms with van der Waals surface area (Å²) in [5.41, 5.74) is 3.00. The molecular weight excluding hydrogens is 324 g/mol. The van der Waals surface area contributed by atoms with Crippen molar-refractivity contribution in [1.82, 2.24) is 4.98 Å². The fraction of sp³-hybridized carbons (Fsp3) is 0.0909. The number of nitrogens with zero attached hydrogens (tertiary/aromatic N) is 1. The zero-order chi connectivity index (χ0) is 17.9. The minimum absolute atomic E-state index is 0.112. The van der Waals surface area contributed by atoms with E-state index in [1.807, 2.05) is 66.7 Å². The summed E-state index contributed by atoms with van der Waals surface area (Å²) in [7, 11) is 0. The quantitative estimate of drug-likeness (QED) is 0.547. The third-order valence-electron chi connectivity index (χ3n) is 4.47. The molecule has 1 aromatic heterocycles. The lowest BCUT2D eigenvalue weighted by atomic mass is 10.0. The first-order chi connectivity index (χ1) is 12.8. The summed E-state index contributed by atoms with van der Waals surface area (Å²) in [6, 6.07) is 21.3. The molecule has 1 amide bonds. The lowest BCUT2D eigenvalue weighted by molar-refractivity contribution is 0.102. The molecule has 0 radical (unpaired) electrons. The molecule has 0 fully saturated rings. The van der Waals surface area contributed by atoms with Gasteiger partial charge in [-0.1, -0.05) is 42.5 Å². The maximum absolute atomic E-state index is 12.9. The first kappa shape index (κ1) is 16.2. The van der Waals surface area contributed by atoms with E-state index in [1.165, 1.54) is 0 Å². The Morgan fingerprint density at radius 2 is 1.73 bits per heavy atom. The fourth-order valence-corrected chi connectivity index (χ4v) is 3.18. The smallest absolute Gasteiger partial charge is 0.257 e. The van der Waals surface area contributed by atoms with Gasteiger partial charge in [0, 0.05) is 23.9 Å². The third-order valence-corrected chi connectivity index (χ3v) is 4.47. The topological polar surface area (TPSA) is 62.2 Å². The molecule has 0 saturated heterocycles. The van der Waals surface area contributed by atoms with Crippen LogP contribution in [0.4, 0.5) is 5.69 Å². The predicted molar refractivity (Wildman–Crippen MR) is 104 cm³/mol. The van der Waals surface area contributed by atoms with Gasteiger partial charge in [0.25, 0.3) is 5.91 Å². The Balaban J connectivity index is 1.74. The number of carbonyl (C=O) groups is 1. The monoisotopic (exact) mass is 342 g/mol. The first-order valence-corrected chi connectivity index (χ1v) is 8.54. The summed E-state index contributed by atoms with van der Waals surface area (Å²) >= 11 is 0. The van der Waals surface area contributed by atoms with Gasteiger partial charge in [-0.25, -0.2) is 0 Å². The lowest BCUT2D eigenvalue weighted by Gasteiger charge is -2.11. The van der Waals surface area contributed by atoms with Gasteiger partial charge in [0.1, 0.15) is 0 Å². The summed E-state index contributed by atoms with van der Waals surface area (Å²) in [5.74, 6) is -0.186. The highest BCUT2D eigenvalue weighted by Crippen LogP contribution is 2.27. The molecule has 26 heavy (non-hydrogen) atoms. The van der Waals surface area contributed by atoms with Gasteiger partial charge in [0.2, 0.25) is 0 Å². The van der Waals surface area contributed by atoms with Gasteiger partial charge < -0.3 is 10.4 Å². The van der Waals surface area contributed by atoms with E-state index in [1.54, 1.807) is 6.20 Å². The van der Waals surface area contributed by atoms with Crippen LogP contribution in [-0.2, 0) is 6.42 Å². The molecule has 0 aliphatic rings. The zero-order valence-electron chi connectivity index (χ0n) is 14.1. The summed E-state index contributed by atoms with van der Waals surface area (Å²) in [5, 5.41) is 15.0. The molecule has 4 heteroatoms. The van der Waals surface area contributed by atoms with Crippen molar-refractivity contribution in [3.05, 3.63) is 84.1 Å². The molecule has 3 aromatic carbocycles. The van der Waals surface area contributed by atoms with Crippen molar-refractivity contribution < 1.29 is 9.90 Å². The molecule has 2 N–H and O–H groups in total. The minimum Gasteiger partial charge on any atom is -0.396 e. The van der Waals surface area contributed by atoms with Crippen LogP contribution in [-0.4, -0.2) is 22.6 Å². The van der Waals surface area contributed by atoms with Gasteiger partial charge in [0.05, 0.1) is 11.1 Å². The number of hydrogen-bond donors (Lipinski definition) is 2. The minimum atomic E-state index is -0.186. The van der Waals surface area contributed by atoms with Crippen molar-refractivity contribution in [2.24, 2.45) is 0 Å². The van der Waals surface area contributed by atoms with E-state index in [2.05, 4.69) is 10.3 Å². The Morgan fingerprint density at radius 3 is 2.54 bits per heavy atom. The van der Waals surface area contributed by atoms with Crippen LogP contribution in [0.15, 0.2) is 72.9 Å². The second kappa shape index (κ2) is 6.94. The van der Waals surface area contributed by atoms with E-state index in [0.717, 1.165) is 21.7 Å². The van der Waals surface area contributed by atoms with Crippen molar-refractivity contribution in [2.45, 2.75) is 6.42 Å². The second-order valence-corrected chi connectivity index (χ2v) is 6.17. The Kier molecular flexibility index (Phi) is 4.33. The van der Waals surface area contributed by atoms with E-state index >= 15 is 0 Å². The largest absolute Gasteiger partial charge is 0.396 e.